The minimum absolute atomic E-state index is 0.0733. The van der Waals surface area contributed by atoms with E-state index in [0.717, 1.165) is 35.5 Å². The summed E-state index contributed by atoms with van der Waals surface area (Å²) >= 11 is 0. The highest BCUT2D eigenvalue weighted by Crippen LogP contribution is 2.34. The van der Waals surface area contributed by atoms with Crippen molar-refractivity contribution >= 4 is 7.60 Å². The van der Waals surface area contributed by atoms with Crippen molar-refractivity contribution in [3.8, 4) is 16.9 Å². The quantitative estimate of drug-likeness (QED) is 0.284. The van der Waals surface area contributed by atoms with E-state index in [4.69, 9.17) is 14.5 Å². The molecule has 0 amide bonds. The lowest BCUT2D eigenvalue weighted by Crippen LogP contribution is -2.15. The second kappa shape index (κ2) is 12.3. The number of rotatable bonds is 13. The van der Waals surface area contributed by atoms with Crippen molar-refractivity contribution < 1.29 is 19.1 Å². The summed E-state index contributed by atoms with van der Waals surface area (Å²) in [5.74, 6) is 1.01. The van der Waals surface area contributed by atoms with Gasteiger partial charge in [0.25, 0.3) is 0 Å². The molecule has 0 aliphatic carbocycles. The van der Waals surface area contributed by atoms with Crippen LogP contribution in [0, 0.1) is 13.8 Å². The van der Waals surface area contributed by atoms with Gasteiger partial charge in [0.15, 0.2) is 0 Å². The molecule has 0 atom stereocenters. The lowest BCUT2D eigenvalue weighted by Gasteiger charge is -2.15. The third kappa shape index (κ3) is 8.61. The smallest absolute Gasteiger partial charge is 0.325 e. The molecule has 166 valence electrons. The molecule has 5 nitrogen and oxygen atoms in total. The van der Waals surface area contributed by atoms with Crippen molar-refractivity contribution in [2.24, 2.45) is 0 Å². The average Bonchev–Trinajstić information content (AvgIpc) is 2.69. The second-order valence-corrected chi connectivity index (χ2v) is 9.74. The van der Waals surface area contributed by atoms with Crippen LogP contribution in [0.4, 0.5) is 0 Å². The van der Waals surface area contributed by atoms with Crippen LogP contribution < -0.4 is 10.1 Å². The molecule has 2 aromatic rings. The Labute approximate surface area is 181 Å². The van der Waals surface area contributed by atoms with Crippen LogP contribution in [-0.4, -0.2) is 29.1 Å². The summed E-state index contributed by atoms with van der Waals surface area (Å²) in [5, 5.41) is 3.23. The van der Waals surface area contributed by atoms with E-state index in [1.54, 1.807) is 0 Å². The molecular weight excluding hydrogens is 397 g/mol. The van der Waals surface area contributed by atoms with Gasteiger partial charge in [0.2, 0.25) is 0 Å². The van der Waals surface area contributed by atoms with E-state index >= 15 is 0 Å². The van der Waals surface area contributed by atoms with Gasteiger partial charge in [0.05, 0.1) is 12.8 Å². The number of aryl methyl sites for hydroxylation is 2. The summed E-state index contributed by atoms with van der Waals surface area (Å²) in [7, 11) is -3.89. The zero-order valence-corrected chi connectivity index (χ0v) is 19.4. The molecule has 0 aliphatic rings. The fourth-order valence-corrected chi connectivity index (χ4v) is 4.08. The Morgan fingerprint density at radius 2 is 1.60 bits per heavy atom. The number of hydrogen-bond donors (Lipinski definition) is 3. The predicted molar refractivity (Wildman–Crippen MR) is 124 cm³/mol. The summed E-state index contributed by atoms with van der Waals surface area (Å²) in [6, 6.07) is 12.8. The van der Waals surface area contributed by atoms with Crippen LogP contribution in [0.1, 0.15) is 55.7 Å². The van der Waals surface area contributed by atoms with Gasteiger partial charge in [-0.15, -0.1) is 0 Å². The fourth-order valence-electron chi connectivity index (χ4n) is 3.51. The maximum absolute atomic E-state index is 10.9. The van der Waals surface area contributed by atoms with Crippen LogP contribution in [0.5, 0.6) is 5.75 Å². The first-order valence-electron chi connectivity index (χ1n) is 10.9. The molecule has 0 saturated carbocycles. The Kier molecular flexibility index (Phi) is 10.1. The summed E-state index contributed by atoms with van der Waals surface area (Å²) in [6.07, 6.45) is 5.21. The summed E-state index contributed by atoms with van der Waals surface area (Å²) in [5.41, 5.74) is 5.83. The molecule has 6 heteroatoms. The molecule has 3 N–H and O–H groups in total. The van der Waals surface area contributed by atoms with Gasteiger partial charge in [-0.2, -0.15) is 0 Å². The topological polar surface area (TPSA) is 78.8 Å². The second-order valence-electron chi connectivity index (χ2n) is 7.96. The molecule has 0 saturated heterocycles. The molecule has 0 bridgehead atoms. The summed E-state index contributed by atoms with van der Waals surface area (Å²) in [4.78, 5) is 17.8. The molecule has 0 heterocycles. The summed E-state index contributed by atoms with van der Waals surface area (Å²) in [6.45, 7) is 8.47. The molecule has 2 rings (SSSR count). The number of hydrogen-bond acceptors (Lipinski definition) is 3. The normalized spacial score (nSPS) is 11.6. The van der Waals surface area contributed by atoms with E-state index in [2.05, 4.69) is 62.5 Å². The van der Waals surface area contributed by atoms with Crippen molar-refractivity contribution in [3.63, 3.8) is 0 Å². The number of benzene rings is 2. The van der Waals surface area contributed by atoms with Crippen LogP contribution in [0.25, 0.3) is 11.1 Å². The third-order valence-electron chi connectivity index (χ3n) is 5.12. The van der Waals surface area contributed by atoms with E-state index < -0.39 is 7.60 Å². The first-order chi connectivity index (χ1) is 14.3. The van der Waals surface area contributed by atoms with Gasteiger partial charge in [0.1, 0.15) is 5.75 Å². The largest absolute Gasteiger partial charge is 0.493 e. The molecule has 0 aliphatic heterocycles. The predicted octanol–water partition coefficient (Wildman–Crippen LogP) is 5.59. The Hall–Kier alpha value is -1.65. The van der Waals surface area contributed by atoms with Gasteiger partial charge >= 0.3 is 7.60 Å². The first kappa shape index (κ1) is 24.6. The summed E-state index contributed by atoms with van der Waals surface area (Å²) < 4.78 is 16.9. The zero-order chi connectivity index (χ0) is 22.0. The Bertz CT molecular complexity index is 807. The van der Waals surface area contributed by atoms with E-state index in [0.29, 0.717) is 19.5 Å². The Morgan fingerprint density at radius 1 is 0.933 bits per heavy atom. The molecule has 0 spiro atoms. The Balaban J connectivity index is 1.90. The third-order valence-corrected chi connectivity index (χ3v) is 6.02. The Morgan fingerprint density at radius 3 is 2.20 bits per heavy atom. The highest BCUT2D eigenvalue weighted by molar-refractivity contribution is 7.51. The molecule has 2 aromatic carbocycles. The van der Waals surface area contributed by atoms with E-state index in [1.165, 1.54) is 30.4 Å². The van der Waals surface area contributed by atoms with Crippen molar-refractivity contribution in [3.05, 3.63) is 53.1 Å². The van der Waals surface area contributed by atoms with Crippen LogP contribution in [0.2, 0.25) is 0 Å². The molecule has 0 unspecified atom stereocenters. The minimum atomic E-state index is -3.89. The molecule has 0 fully saturated rings. The minimum Gasteiger partial charge on any atom is -0.493 e. The maximum Gasteiger partial charge on any atom is 0.325 e. The maximum atomic E-state index is 10.9. The monoisotopic (exact) mass is 433 g/mol. The van der Waals surface area contributed by atoms with Gasteiger partial charge in [-0.3, -0.25) is 4.57 Å². The van der Waals surface area contributed by atoms with E-state index in [9.17, 15) is 4.57 Å². The van der Waals surface area contributed by atoms with E-state index in [1.807, 2.05) is 0 Å². The molecular formula is C24H36NO4P. The molecule has 0 aromatic heterocycles. The van der Waals surface area contributed by atoms with Crippen molar-refractivity contribution in [1.82, 2.24) is 5.32 Å². The molecule has 30 heavy (non-hydrogen) atoms. The van der Waals surface area contributed by atoms with Gasteiger partial charge in [-0.1, -0.05) is 50.5 Å². The van der Waals surface area contributed by atoms with E-state index in [-0.39, 0.29) is 6.16 Å². The van der Waals surface area contributed by atoms with Crippen LogP contribution in [0.15, 0.2) is 36.4 Å². The van der Waals surface area contributed by atoms with Crippen LogP contribution in [0.3, 0.4) is 0 Å². The standard InChI is InChI=1S/C24H36NO4P/c1-4-5-6-7-14-29-24-19(2)16-23(17-20(24)3)22-11-9-21(10-12-22)18-25-13-8-15-30(26,27)28/h9-12,16-17,25H,4-8,13-15,18H2,1-3H3,(H2,26,27,28). The number of unbranched alkanes of at least 4 members (excludes halogenated alkanes) is 3. The van der Waals surface area contributed by atoms with Crippen molar-refractivity contribution in [2.75, 3.05) is 19.3 Å². The average molecular weight is 434 g/mol. The number of nitrogens with one attached hydrogen (secondary N) is 1. The van der Waals surface area contributed by atoms with Crippen molar-refractivity contribution in [1.29, 1.82) is 0 Å². The highest BCUT2D eigenvalue weighted by Gasteiger charge is 2.11. The lowest BCUT2D eigenvalue weighted by atomic mass is 9.99. The van der Waals surface area contributed by atoms with Gasteiger partial charge in [-0.25, -0.2) is 0 Å². The fraction of sp³-hybridized carbons (Fsp3) is 0.500. The zero-order valence-electron chi connectivity index (χ0n) is 18.5. The van der Waals surface area contributed by atoms with Crippen molar-refractivity contribution in [2.45, 2.75) is 59.4 Å². The van der Waals surface area contributed by atoms with Gasteiger partial charge in [-0.05, 0) is 73.2 Å². The van der Waals surface area contributed by atoms with Crippen LogP contribution in [-0.2, 0) is 11.1 Å². The number of ether oxygens (including phenoxy) is 1. The van der Waals surface area contributed by atoms with Crippen LogP contribution >= 0.6 is 7.60 Å². The van der Waals surface area contributed by atoms with Gasteiger partial charge in [0, 0.05) is 6.54 Å². The lowest BCUT2D eigenvalue weighted by molar-refractivity contribution is 0.301. The molecule has 0 radical (unpaired) electrons. The first-order valence-corrected chi connectivity index (χ1v) is 12.7. The SMILES string of the molecule is CCCCCCOc1c(C)cc(-c2ccc(CNCCCP(=O)(O)O)cc2)cc1C. The van der Waals surface area contributed by atoms with Gasteiger partial charge < -0.3 is 19.8 Å². The highest BCUT2D eigenvalue weighted by atomic mass is 31.2.